The second-order valence-electron chi connectivity index (χ2n) is 12.1. The summed E-state index contributed by atoms with van der Waals surface area (Å²) in [4.78, 5) is 40.4. The predicted octanol–water partition coefficient (Wildman–Crippen LogP) is 1.96. The van der Waals surface area contributed by atoms with Crippen molar-refractivity contribution in [3.63, 3.8) is 0 Å². The van der Waals surface area contributed by atoms with E-state index in [0.29, 0.717) is 45.1 Å². The van der Waals surface area contributed by atoms with Crippen LogP contribution in [-0.4, -0.2) is 75.3 Å². The number of carboxylic acid groups (broad SMARTS) is 1. The minimum absolute atomic E-state index is 0.0153. The van der Waals surface area contributed by atoms with Gasteiger partial charge in [0.1, 0.15) is 12.2 Å². The fraction of sp³-hybridized carbons (Fsp3) is 0.786. The lowest BCUT2D eigenvalue weighted by Gasteiger charge is -2.60. The molecule has 0 aromatic heterocycles. The van der Waals surface area contributed by atoms with Crippen LogP contribution in [0.1, 0.15) is 78.1 Å². The zero-order chi connectivity index (χ0) is 27.7. The summed E-state index contributed by atoms with van der Waals surface area (Å²) in [6, 6.07) is 0. The number of Topliss-reactive ketones (excluding diaryl/α,β-unsaturated/α-hetero) is 1. The Morgan fingerprint density at radius 1 is 1.16 bits per heavy atom. The number of oxime groups is 1. The van der Waals surface area contributed by atoms with Crippen molar-refractivity contribution in [2.75, 3.05) is 19.8 Å². The molecule has 0 heterocycles. The van der Waals surface area contributed by atoms with E-state index < -0.39 is 35.5 Å². The Kier molecular flexibility index (Phi) is 8.35. The molecule has 0 saturated heterocycles. The third-order valence-corrected chi connectivity index (χ3v) is 10.2. The van der Waals surface area contributed by atoms with E-state index in [2.05, 4.69) is 17.4 Å². The van der Waals surface area contributed by atoms with Crippen molar-refractivity contribution in [2.45, 2.75) is 89.8 Å². The Morgan fingerprint density at radius 3 is 2.63 bits per heavy atom. The average molecular weight is 535 g/mol. The number of carbonyl (C=O) groups excluding carboxylic acids is 2. The number of amides is 1. The summed E-state index contributed by atoms with van der Waals surface area (Å²) in [6.45, 7) is 3.62. The van der Waals surface area contributed by atoms with Crippen LogP contribution in [-0.2, 0) is 19.2 Å². The van der Waals surface area contributed by atoms with Gasteiger partial charge in [-0.25, -0.2) is 0 Å². The Labute approximate surface area is 223 Å². The highest BCUT2D eigenvalue weighted by atomic mass is 16.6. The van der Waals surface area contributed by atoms with Crippen molar-refractivity contribution in [2.24, 2.45) is 33.7 Å². The first-order chi connectivity index (χ1) is 18.0. The summed E-state index contributed by atoms with van der Waals surface area (Å²) in [6.07, 6.45) is 7.05. The first-order valence-corrected chi connectivity index (χ1v) is 13.9. The minimum Gasteiger partial charge on any atom is -0.481 e. The SMILES string of the molecule is C[C@]12CC/C(=N/OCC(=O)NCCCCC(=O)O)C=C1CC[C@@H]1[C@@H]2[C@H](O)C[C@@]2(C)[C@H]1CC[C@@]2(O)C(=O)CO. The van der Waals surface area contributed by atoms with E-state index in [4.69, 9.17) is 9.94 Å². The van der Waals surface area contributed by atoms with Gasteiger partial charge >= 0.3 is 5.97 Å². The molecule has 0 spiro atoms. The smallest absolute Gasteiger partial charge is 0.303 e. The molecule has 0 aromatic carbocycles. The maximum absolute atomic E-state index is 12.6. The van der Waals surface area contributed by atoms with Crippen molar-refractivity contribution < 1.29 is 39.6 Å². The topological polar surface area (TPSA) is 166 Å². The summed E-state index contributed by atoms with van der Waals surface area (Å²) in [7, 11) is 0. The van der Waals surface area contributed by atoms with E-state index in [1.54, 1.807) is 0 Å². The van der Waals surface area contributed by atoms with Gasteiger partial charge in [0, 0.05) is 18.4 Å². The van der Waals surface area contributed by atoms with Gasteiger partial charge in [-0.3, -0.25) is 14.4 Å². The van der Waals surface area contributed by atoms with E-state index in [0.717, 1.165) is 25.0 Å². The quantitative estimate of drug-likeness (QED) is 0.210. The summed E-state index contributed by atoms with van der Waals surface area (Å²) in [5.41, 5.74) is -0.583. The Hall–Kier alpha value is -2.30. The first kappa shape index (κ1) is 28.7. The van der Waals surface area contributed by atoms with Crippen LogP contribution in [0, 0.1) is 28.6 Å². The second-order valence-corrected chi connectivity index (χ2v) is 12.1. The molecule has 5 N–H and O–H groups in total. The van der Waals surface area contributed by atoms with Crippen LogP contribution in [0.3, 0.4) is 0 Å². The molecule has 4 aliphatic rings. The fourth-order valence-corrected chi connectivity index (χ4v) is 8.22. The Bertz CT molecular complexity index is 1010. The largest absolute Gasteiger partial charge is 0.481 e. The van der Waals surface area contributed by atoms with Crippen LogP contribution >= 0.6 is 0 Å². The number of carboxylic acids is 1. The molecule has 0 radical (unpaired) electrons. The van der Waals surface area contributed by atoms with E-state index >= 15 is 0 Å². The van der Waals surface area contributed by atoms with E-state index in [1.165, 1.54) is 5.57 Å². The molecular weight excluding hydrogens is 492 g/mol. The van der Waals surface area contributed by atoms with Crippen LogP contribution in [0.15, 0.2) is 16.8 Å². The number of aliphatic hydroxyl groups excluding tert-OH is 2. The van der Waals surface area contributed by atoms with Crippen molar-refractivity contribution >= 4 is 23.4 Å². The number of unbranched alkanes of at least 4 members (excludes halogenated alkanes) is 1. The van der Waals surface area contributed by atoms with E-state index in [9.17, 15) is 29.7 Å². The highest BCUT2D eigenvalue weighted by molar-refractivity contribution is 5.96. The number of ketones is 1. The molecule has 7 atom stereocenters. The molecule has 4 aliphatic carbocycles. The molecule has 212 valence electrons. The number of carbonyl (C=O) groups is 3. The van der Waals surface area contributed by atoms with Crippen molar-refractivity contribution in [1.29, 1.82) is 0 Å². The number of hydrogen-bond acceptors (Lipinski definition) is 8. The zero-order valence-corrected chi connectivity index (χ0v) is 22.4. The van der Waals surface area contributed by atoms with Gasteiger partial charge in [-0.05, 0) is 87.0 Å². The molecule has 0 unspecified atom stereocenters. The molecule has 4 rings (SSSR count). The van der Waals surface area contributed by atoms with Gasteiger partial charge in [-0.2, -0.15) is 0 Å². The lowest BCUT2D eigenvalue weighted by atomic mass is 9.45. The third kappa shape index (κ3) is 5.02. The number of nitrogens with one attached hydrogen (secondary N) is 1. The maximum atomic E-state index is 12.6. The summed E-state index contributed by atoms with van der Waals surface area (Å²) in [5, 5.41) is 47.9. The number of allylic oxidation sites excluding steroid dienone is 2. The zero-order valence-electron chi connectivity index (χ0n) is 22.4. The Balaban J connectivity index is 1.39. The third-order valence-electron chi connectivity index (χ3n) is 10.2. The summed E-state index contributed by atoms with van der Waals surface area (Å²) < 4.78 is 0. The van der Waals surface area contributed by atoms with Gasteiger partial charge in [0.25, 0.3) is 5.91 Å². The number of fused-ring (bicyclic) bond motifs is 5. The molecule has 3 fully saturated rings. The normalized spacial score (nSPS) is 39.0. The average Bonchev–Trinajstić information content (AvgIpc) is 3.13. The number of nitrogens with zero attached hydrogens (tertiary/aromatic N) is 1. The molecule has 38 heavy (non-hydrogen) atoms. The standard InChI is InChI=1S/C28H42N2O8/c1-26-10-8-18(30-38-16-23(34)29-12-4-3-5-24(35)36)13-17(26)6-7-19-20-9-11-28(37,22(33)15-31)27(20,2)14-21(32)25(19)26/h13,19-21,25,31-32,37H,3-12,14-16H2,1-2H3,(H,29,34)(H,35,36)/b30-18-/t19-,20-,21+,25+,26-,27-,28+/m0/s1. The first-order valence-electron chi connectivity index (χ1n) is 13.9. The maximum Gasteiger partial charge on any atom is 0.303 e. The number of rotatable bonds is 10. The molecule has 0 aliphatic heterocycles. The molecule has 3 saturated carbocycles. The predicted molar refractivity (Wildman–Crippen MR) is 138 cm³/mol. The lowest BCUT2D eigenvalue weighted by molar-refractivity contribution is -0.181. The number of hydrogen-bond donors (Lipinski definition) is 5. The van der Waals surface area contributed by atoms with Gasteiger partial charge in [-0.1, -0.05) is 24.6 Å². The van der Waals surface area contributed by atoms with Crippen LogP contribution in [0.25, 0.3) is 0 Å². The van der Waals surface area contributed by atoms with Crippen LogP contribution < -0.4 is 5.32 Å². The Morgan fingerprint density at radius 2 is 1.92 bits per heavy atom. The van der Waals surface area contributed by atoms with Crippen LogP contribution in [0.5, 0.6) is 0 Å². The van der Waals surface area contributed by atoms with Crippen LogP contribution in [0.4, 0.5) is 0 Å². The monoisotopic (exact) mass is 534 g/mol. The molecule has 0 aromatic rings. The molecule has 10 nitrogen and oxygen atoms in total. The molecule has 0 bridgehead atoms. The second kappa shape index (κ2) is 11.1. The summed E-state index contributed by atoms with van der Waals surface area (Å²) >= 11 is 0. The minimum atomic E-state index is -1.59. The molecule has 1 amide bonds. The van der Waals surface area contributed by atoms with Crippen molar-refractivity contribution in [3.8, 4) is 0 Å². The van der Waals surface area contributed by atoms with Crippen molar-refractivity contribution in [1.82, 2.24) is 5.32 Å². The van der Waals surface area contributed by atoms with E-state index in [-0.39, 0.29) is 42.1 Å². The van der Waals surface area contributed by atoms with Gasteiger partial charge in [0.2, 0.25) is 0 Å². The summed E-state index contributed by atoms with van der Waals surface area (Å²) in [5.74, 6) is -1.39. The van der Waals surface area contributed by atoms with Gasteiger partial charge < -0.3 is 30.6 Å². The molecule has 10 heteroatoms. The molecular formula is C28H42N2O8. The fourth-order valence-electron chi connectivity index (χ4n) is 8.22. The highest BCUT2D eigenvalue weighted by Gasteiger charge is 2.68. The van der Waals surface area contributed by atoms with E-state index in [1.807, 2.05) is 13.0 Å². The lowest BCUT2D eigenvalue weighted by Crippen LogP contribution is -2.62. The van der Waals surface area contributed by atoms with Gasteiger partial charge in [-0.15, -0.1) is 0 Å². The van der Waals surface area contributed by atoms with Crippen molar-refractivity contribution in [3.05, 3.63) is 11.6 Å². The number of aliphatic hydroxyl groups is 3. The van der Waals surface area contributed by atoms with Gasteiger partial charge in [0.15, 0.2) is 12.4 Å². The number of aliphatic carboxylic acids is 1. The highest BCUT2D eigenvalue weighted by Crippen LogP contribution is 2.67. The van der Waals surface area contributed by atoms with Gasteiger partial charge in [0.05, 0.1) is 11.8 Å². The van der Waals surface area contributed by atoms with Crippen LogP contribution in [0.2, 0.25) is 0 Å².